The fourth-order valence-corrected chi connectivity index (χ4v) is 4.64. The van der Waals surface area contributed by atoms with Gasteiger partial charge in [0.2, 0.25) is 0 Å². The van der Waals surface area contributed by atoms with Gasteiger partial charge < -0.3 is 29.3 Å². The third-order valence-corrected chi connectivity index (χ3v) is 6.59. The van der Waals surface area contributed by atoms with Crippen LogP contribution in [-0.4, -0.2) is 82.2 Å². The molecule has 3 fully saturated rings. The summed E-state index contributed by atoms with van der Waals surface area (Å²) < 4.78 is 17.4. The van der Waals surface area contributed by atoms with Gasteiger partial charge in [0.05, 0.1) is 38.6 Å². The highest BCUT2D eigenvalue weighted by Gasteiger charge is 2.23. The molecule has 3 heterocycles. The number of aliphatic imine (C=N–C) groups is 1. The van der Waals surface area contributed by atoms with Crippen LogP contribution in [0.2, 0.25) is 0 Å². The van der Waals surface area contributed by atoms with Crippen LogP contribution in [0.4, 0.5) is 5.69 Å². The van der Waals surface area contributed by atoms with Crippen molar-refractivity contribution in [1.82, 2.24) is 10.2 Å². The number of benzene rings is 1. The average molecular weight is 573 g/mol. The van der Waals surface area contributed by atoms with E-state index in [1.165, 1.54) is 24.1 Å². The lowest BCUT2D eigenvalue weighted by atomic mass is 10.1. The second-order valence-electron chi connectivity index (χ2n) is 8.94. The summed E-state index contributed by atoms with van der Waals surface area (Å²) in [6.07, 6.45) is 6.34. The van der Waals surface area contributed by atoms with Crippen LogP contribution in [0.1, 0.15) is 44.6 Å². The average Bonchev–Trinajstić information content (AvgIpc) is 2.87. The van der Waals surface area contributed by atoms with E-state index in [2.05, 4.69) is 46.3 Å². The Hall–Kier alpha value is -1.10. The molecule has 1 aromatic rings. The molecule has 0 amide bonds. The van der Waals surface area contributed by atoms with Crippen molar-refractivity contribution < 1.29 is 14.2 Å². The maximum absolute atomic E-state index is 6.18. The largest absolute Gasteiger partial charge is 0.378 e. The van der Waals surface area contributed by atoms with Gasteiger partial charge in [-0.25, -0.2) is 4.99 Å². The number of hydrogen-bond acceptors (Lipinski definition) is 5. The number of rotatable bonds is 7. The first-order valence-electron chi connectivity index (χ1n) is 12.5. The summed E-state index contributed by atoms with van der Waals surface area (Å²) in [6, 6.07) is 8.82. The molecule has 33 heavy (non-hydrogen) atoms. The van der Waals surface area contributed by atoms with Gasteiger partial charge in [-0.1, -0.05) is 12.1 Å². The van der Waals surface area contributed by atoms with Crippen molar-refractivity contribution in [3.05, 3.63) is 29.8 Å². The van der Waals surface area contributed by atoms with Crippen molar-refractivity contribution in [2.45, 2.75) is 57.8 Å². The predicted molar refractivity (Wildman–Crippen MR) is 144 cm³/mol. The van der Waals surface area contributed by atoms with Crippen LogP contribution in [-0.2, 0) is 20.8 Å². The lowest BCUT2D eigenvalue weighted by molar-refractivity contribution is -0.0721. The number of halogens is 1. The molecule has 8 heteroatoms. The van der Waals surface area contributed by atoms with Gasteiger partial charge >= 0.3 is 0 Å². The molecular weight excluding hydrogens is 531 g/mol. The van der Waals surface area contributed by atoms with Gasteiger partial charge in [-0.05, 0) is 56.7 Å². The van der Waals surface area contributed by atoms with Crippen molar-refractivity contribution in [2.75, 3.05) is 64.1 Å². The van der Waals surface area contributed by atoms with Crippen LogP contribution in [0, 0.1) is 0 Å². The zero-order valence-electron chi connectivity index (χ0n) is 20.0. The predicted octanol–water partition coefficient (Wildman–Crippen LogP) is 3.66. The van der Waals surface area contributed by atoms with Gasteiger partial charge in [-0.2, -0.15) is 0 Å². The van der Waals surface area contributed by atoms with E-state index in [0.29, 0.717) is 18.8 Å². The topological polar surface area (TPSA) is 58.6 Å². The number of nitrogens with zero attached hydrogens (tertiary/aromatic N) is 3. The molecule has 3 aliphatic heterocycles. The van der Waals surface area contributed by atoms with E-state index in [-0.39, 0.29) is 24.0 Å². The first-order valence-corrected chi connectivity index (χ1v) is 12.5. The summed E-state index contributed by atoms with van der Waals surface area (Å²) in [5, 5.41) is 3.48. The zero-order valence-corrected chi connectivity index (χ0v) is 22.4. The lowest BCUT2D eigenvalue weighted by Gasteiger charge is -2.35. The molecule has 0 aliphatic carbocycles. The molecule has 0 aromatic heterocycles. The van der Waals surface area contributed by atoms with E-state index in [1.54, 1.807) is 0 Å². The Balaban J connectivity index is 0.00000306. The highest BCUT2D eigenvalue weighted by Crippen LogP contribution is 2.19. The van der Waals surface area contributed by atoms with Gasteiger partial charge in [-0.15, -0.1) is 24.0 Å². The molecule has 0 radical (unpaired) electrons. The smallest absolute Gasteiger partial charge is 0.194 e. The Morgan fingerprint density at radius 3 is 2.45 bits per heavy atom. The minimum Gasteiger partial charge on any atom is -0.378 e. The van der Waals surface area contributed by atoms with E-state index < -0.39 is 0 Å². The third-order valence-electron chi connectivity index (χ3n) is 6.59. The second kappa shape index (κ2) is 14.3. The highest BCUT2D eigenvalue weighted by molar-refractivity contribution is 14.0. The SMILES string of the molecule is CCNC(=NCc1ccc(N2CCOCC2)cc1)N1CCC(OCC2CCCCO2)CC1.I. The Kier molecular flexibility index (Phi) is 11.5. The Morgan fingerprint density at radius 2 is 1.79 bits per heavy atom. The van der Waals surface area contributed by atoms with Crippen molar-refractivity contribution in [3.8, 4) is 0 Å². The molecule has 0 saturated carbocycles. The van der Waals surface area contributed by atoms with E-state index in [4.69, 9.17) is 19.2 Å². The first kappa shape index (κ1) is 26.5. The molecule has 1 unspecified atom stereocenters. The lowest BCUT2D eigenvalue weighted by Crippen LogP contribution is -2.47. The van der Waals surface area contributed by atoms with Crippen molar-refractivity contribution >= 4 is 35.6 Å². The van der Waals surface area contributed by atoms with E-state index >= 15 is 0 Å². The summed E-state index contributed by atoms with van der Waals surface area (Å²) in [4.78, 5) is 9.69. The van der Waals surface area contributed by atoms with Crippen molar-refractivity contribution in [1.29, 1.82) is 0 Å². The maximum Gasteiger partial charge on any atom is 0.194 e. The number of likely N-dealkylation sites (tertiary alicyclic amines) is 1. The molecule has 3 saturated heterocycles. The zero-order chi connectivity index (χ0) is 22.0. The monoisotopic (exact) mass is 572 g/mol. The van der Waals surface area contributed by atoms with Crippen molar-refractivity contribution in [3.63, 3.8) is 0 Å². The standard InChI is InChI=1S/C25H40N4O3.HI/c1-2-26-25(27-19-21-6-8-22(9-7-21)28-14-17-30-18-15-28)29-12-10-23(11-13-29)32-20-24-5-3-4-16-31-24;/h6-9,23-24H,2-5,10-20H2,1H3,(H,26,27);1H. The summed E-state index contributed by atoms with van der Waals surface area (Å²) in [5.41, 5.74) is 2.51. The number of anilines is 1. The summed E-state index contributed by atoms with van der Waals surface area (Å²) in [7, 11) is 0. The van der Waals surface area contributed by atoms with Gasteiger partial charge in [-0.3, -0.25) is 0 Å². The Labute approximate surface area is 216 Å². The molecule has 4 rings (SSSR count). The van der Waals surface area contributed by atoms with E-state index in [9.17, 15) is 0 Å². The number of hydrogen-bond donors (Lipinski definition) is 1. The molecule has 1 aromatic carbocycles. The van der Waals surface area contributed by atoms with Crippen LogP contribution in [0.5, 0.6) is 0 Å². The van der Waals surface area contributed by atoms with Gasteiger partial charge in [0, 0.05) is 45.0 Å². The Bertz CT molecular complexity index is 698. The van der Waals surface area contributed by atoms with Gasteiger partial charge in [0.25, 0.3) is 0 Å². The minimum absolute atomic E-state index is 0. The van der Waals surface area contributed by atoms with E-state index in [1.807, 2.05) is 0 Å². The first-order chi connectivity index (χ1) is 15.8. The molecule has 7 nitrogen and oxygen atoms in total. The molecule has 1 N–H and O–H groups in total. The fraction of sp³-hybridized carbons (Fsp3) is 0.720. The van der Waals surface area contributed by atoms with Crippen LogP contribution in [0.3, 0.4) is 0 Å². The minimum atomic E-state index is 0. The van der Waals surface area contributed by atoms with E-state index in [0.717, 1.165) is 84.4 Å². The maximum atomic E-state index is 6.18. The third kappa shape index (κ3) is 8.26. The summed E-state index contributed by atoms with van der Waals surface area (Å²) in [5.74, 6) is 1.01. The number of guanidine groups is 1. The number of piperidine rings is 1. The molecule has 186 valence electrons. The quantitative estimate of drug-likeness (QED) is 0.306. The number of nitrogens with one attached hydrogen (secondary N) is 1. The highest BCUT2D eigenvalue weighted by atomic mass is 127. The number of ether oxygens (including phenoxy) is 3. The number of morpholine rings is 1. The van der Waals surface area contributed by atoms with Crippen molar-refractivity contribution in [2.24, 2.45) is 4.99 Å². The fourth-order valence-electron chi connectivity index (χ4n) is 4.64. The van der Waals surface area contributed by atoms with Gasteiger partial charge in [0.15, 0.2) is 5.96 Å². The van der Waals surface area contributed by atoms with Crippen LogP contribution in [0.15, 0.2) is 29.3 Å². The van der Waals surface area contributed by atoms with Crippen LogP contribution in [0.25, 0.3) is 0 Å². The normalized spacial score (nSPS) is 22.7. The Morgan fingerprint density at radius 1 is 1.03 bits per heavy atom. The van der Waals surface area contributed by atoms with Gasteiger partial charge in [0.1, 0.15) is 0 Å². The van der Waals surface area contributed by atoms with Crippen LogP contribution >= 0.6 is 24.0 Å². The summed E-state index contributed by atoms with van der Waals surface area (Å²) >= 11 is 0. The molecular formula is C25H41IN4O3. The second-order valence-corrected chi connectivity index (χ2v) is 8.94. The van der Waals surface area contributed by atoms with Crippen LogP contribution < -0.4 is 10.2 Å². The molecule has 1 atom stereocenters. The molecule has 3 aliphatic rings. The summed E-state index contributed by atoms with van der Waals surface area (Å²) in [6.45, 7) is 10.9. The molecule has 0 bridgehead atoms. The molecule has 0 spiro atoms.